The van der Waals surface area contributed by atoms with Crippen molar-refractivity contribution in [3.8, 4) is 0 Å². The predicted molar refractivity (Wildman–Crippen MR) is 51.4 cm³/mol. The number of nitrogens with zero attached hydrogens (tertiary/aromatic N) is 1. The summed E-state index contributed by atoms with van der Waals surface area (Å²) >= 11 is 0. The van der Waals surface area contributed by atoms with E-state index in [0.717, 1.165) is 0 Å². The van der Waals surface area contributed by atoms with E-state index < -0.39 is 18.2 Å². The molecule has 14 heavy (non-hydrogen) atoms. The topological polar surface area (TPSA) is 86.8 Å². The van der Waals surface area contributed by atoms with Crippen molar-refractivity contribution in [2.75, 3.05) is 13.1 Å². The standard InChI is InChI=1S/C9H16N2O3/c1-2-3-6(10)9(14)11-4-7(12)8(13)5-11/h2,6-8,12-13H,1,3-5,10H2/t6?,7-,8+. The van der Waals surface area contributed by atoms with E-state index in [2.05, 4.69) is 6.58 Å². The van der Waals surface area contributed by atoms with Crippen molar-refractivity contribution in [1.82, 2.24) is 4.90 Å². The molecule has 1 rings (SSSR count). The number of hydrogen-bond acceptors (Lipinski definition) is 4. The predicted octanol–water partition coefficient (Wildman–Crippen LogP) is -1.55. The third-order valence-electron chi connectivity index (χ3n) is 2.31. The summed E-state index contributed by atoms with van der Waals surface area (Å²) in [5.41, 5.74) is 5.57. The van der Waals surface area contributed by atoms with E-state index >= 15 is 0 Å². The molecular formula is C9H16N2O3. The molecule has 0 radical (unpaired) electrons. The van der Waals surface area contributed by atoms with Crippen LogP contribution in [0.4, 0.5) is 0 Å². The van der Waals surface area contributed by atoms with Crippen LogP contribution in [0.2, 0.25) is 0 Å². The van der Waals surface area contributed by atoms with Crippen LogP contribution in [0.3, 0.4) is 0 Å². The molecule has 1 saturated heterocycles. The molecule has 0 aliphatic carbocycles. The normalized spacial score (nSPS) is 28.9. The van der Waals surface area contributed by atoms with E-state index in [0.29, 0.717) is 6.42 Å². The summed E-state index contributed by atoms with van der Waals surface area (Å²) in [4.78, 5) is 12.9. The van der Waals surface area contributed by atoms with E-state index in [4.69, 9.17) is 5.73 Å². The monoisotopic (exact) mass is 200 g/mol. The summed E-state index contributed by atoms with van der Waals surface area (Å²) < 4.78 is 0. The molecule has 0 spiro atoms. The molecule has 0 aromatic heterocycles. The lowest BCUT2D eigenvalue weighted by atomic mass is 10.2. The Morgan fingerprint density at radius 1 is 1.57 bits per heavy atom. The highest BCUT2D eigenvalue weighted by molar-refractivity contribution is 5.82. The molecule has 1 amide bonds. The molecule has 80 valence electrons. The van der Waals surface area contributed by atoms with Gasteiger partial charge in [0.2, 0.25) is 5.91 Å². The maximum atomic E-state index is 11.6. The fourth-order valence-corrected chi connectivity index (χ4v) is 1.46. The van der Waals surface area contributed by atoms with Crippen LogP contribution in [-0.2, 0) is 4.79 Å². The van der Waals surface area contributed by atoms with Crippen molar-refractivity contribution >= 4 is 5.91 Å². The van der Waals surface area contributed by atoms with Crippen LogP contribution in [-0.4, -0.2) is 52.4 Å². The van der Waals surface area contributed by atoms with Crippen LogP contribution in [0.25, 0.3) is 0 Å². The molecule has 1 heterocycles. The summed E-state index contributed by atoms with van der Waals surface area (Å²) in [6.07, 6.45) is 0.275. The minimum Gasteiger partial charge on any atom is -0.388 e. The second-order valence-corrected chi connectivity index (χ2v) is 3.51. The molecule has 5 nitrogen and oxygen atoms in total. The Bertz CT molecular complexity index is 222. The van der Waals surface area contributed by atoms with Crippen molar-refractivity contribution in [2.24, 2.45) is 5.73 Å². The van der Waals surface area contributed by atoms with Gasteiger partial charge in [0.1, 0.15) is 0 Å². The number of β-amino-alcohol motifs (C(OH)–C–C–N with tert-alkyl or cyclic N) is 2. The molecule has 4 N–H and O–H groups in total. The van der Waals surface area contributed by atoms with Gasteiger partial charge in [0, 0.05) is 13.1 Å². The van der Waals surface area contributed by atoms with Gasteiger partial charge in [-0.1, -0.05) is 6.08 Å². The van der Waals surface area contributed by atoms with Crippen molar-refractivity contribution in [3.05, 3.63) is 12.7 Å². The van der Waals surface area contributed by atoms with Gasteiger partial charge in [-0.3, -0.25) is 4.79 Å². The van der Waals surface area contributed by atoms with Crippen LogP contribution in [0.5, 0.6) is 0 Å². The first-order chi connectivity index (χ1) is 6.56. The van der Waals surface area contributed by atoms with Gasteiger partial charge in [-0.2, -0.15) is 0 Å². The number of hydrogen-bond donors (Lipinski definition) is 3. The molecular weight excluding hydrogens is 184 g/mol. The van der Waals surface area contributed by atoms with E-state index in [9.17, 15) is 15.0 Å². The maximum Gasteiger partial charge on any atom is 0.239 e. The van der Waals surface area contributed by atoms with E-state index in [1.54, 1.807) is 6.08 Å². The third-order valence-corrected chi connectivity index (χ3v) is 2.31. The summed E-state index contributed by atoms with van der Waals surface area (Å²) in [6, 6.07) is -0.620. The zero-order chi connectivity index (χ0) is 10.7. The highest BCUT2D eigenvalue weighted by Crippen LogP contribution is 2.11. The van der Waals surface area contributed by atoms with E-state index in [-0.39, 0.29) is 19.0 Å². The first-order valence-corrected chi connectivity index (χ1v) is 4.57. The number of likely N-dealkylation sites (tertiary alicyclic amines) is 1. The molecule has 0 bridgehead atoms. The maximum absolute atomic E-state index is 11.6. The quantitative estimate of drug-likeness (QED) is 0.482. The van der Waals surface area contributed by atoms with Gasteiger partial charge >= 0.3 is 0 Å². The number of nitrogens with two attached hydrogens (primary N) is 1. The lowest BCUT2D eigenvalue weighted by molar-refractivity contribution is -0.132. The first kappa shape index (κ1) is 11.2. The Morgan fingerprint density at radius 2 is 2.07 bits per heavy atom. The summed E-state index contributed by atoms with van der Waals surface area (Å²) in [6.45, 7) is 3.81. The van der Waals surface area contributed by atoms with Crippen LogP contribution in [0.1, 0.15) is 6.42 Å². The van der Waals surface area contributed by atoms with Gasteiger partial charge in [0.05, 0.1) is 18.2 Å². The Labute approximate surface area is 82.8 Å². The van der Waals surface area contributed by atoms with Gasteiger partial charge in [-0.05, 0) is 6.42 Å². The zero-order valence-corrected chi connectivity index (χ0v) is 7.97. The summed E-state index contributed by atoms with van der Waals surface area (Å²) in [5.74, 6) is -0.250. The third kappa shape index (κ3) is 2.31. The average Bonchev–Trinajstić information content (AvgIpc) is 2.46. The van der Waals surface area contributed by atoms with Crippen molar-refractivity contribution in [3.63, 3.8) is 0 Å². The van der Waals surface area contributed by atoms with Crippen molar-refractivity contribution in [1.29, 1.82) is 0 Å². The highest BCUT2D eigenvalue weighted by Gasteiger charge is 2.33. The second-order valence-electron chi connectivity index (χ2n) is 3.51. The molecule has 1 unspecified atom stereocenters. The van der Waals surface area contributed by atoms with Gasteiger partial charge < -0.3 is 20.8 Å². The Morgan fingerprint density at radius 3 is 2.50 bits per heavy atom. The fourth-order valence-electron chi connectivity index (χ4n) is 1.46. The molecule has 5 heteroatoms. The minimum atomic E-state index is -0.852. The fraction of sp³-hybridized carbons (Fsp3) is 0.667. The number of amides is 1. The Hall–Kier alpha value is -0.910. The van der Waals surface area contributed by atoms with Gasteiger partial charge in [-0.25, -0.2) is 0 Å². The van der Waals surface area contributed by atoms with Crippen LogP contribution >= 0.6 is 0 Å². The number of aliphatic hydroxyl groups excluding tert-OH is 2. The summed E-state index contributed by atoms with van der Waals surface area (Å²) in [5, 5.41) is 18.4. The molecule has 0 aromatic carbocycles. The van der Waals surface area contributed by atoms with Crippen LogP contribution in [0.15, 0.2) is 12.7 Å². The SMILES string of the molecule is C=CCC(N)C(=O)N1C[C@@H](O)[C@@H](O)C1. The number of carbonyl (C=O) groups excluding carboxylic acids is 1. The van der Waals surface area contributed by atoms with Gasteiger partial charge in [-0.15, -0.1) is 6.58 Å². The smallest absolute Gasteiger partial charge is 0.239 e. The zero-order valence-electron chi connectivity index (χ0n) is 7.97. The van der Waals surface area contributed by atoms with Crippen LogP contribution in [0, 0.1) is 0 Å². The number of rotatable bonds is 3. The van der Waals surface area contributed by atoms with Gasteiger partial charge in [0.15, 0.2) is 0 Å². The Kier molecular flexibility index (Phi) is 3.62. The Balaban J connectivity index is 2.50. The molecule has 0 saturated carbocycles. The lowest BCUT2D eigenvalue weighted by Gasteiger charge is -2.19. The summed E-state index contributed by atoms with van der Waals surface area (Å²) in [7, 11) is 0. The molecule has 1 aliphatic rings. The first-order valence-electron chi connectivity index (χ1n) is 4.57. The lowest BCUT2D eigenvalue weighted by Crippen LogP contribution is -2.42. The molecule has 3 atom stereocenters. The molecule has 0 aromatic rings. The molecule has 1 aliphatic heterocycles. The largest absolute Gasteiger partial charge is 0.388 e. The second kappa shape index (κ2) is 4.54. The van der Waals surface area contributed by atoms with Crippen molar-refractivity contribution < 1.29 is 15.0 Å². The van der Waals surface area contributed by atoms with Gasteiger partial charge in [0.25, 0.3) is 0 Å². The van der Waals surface area contributed by atoms with E-state index in [1.807, 2.05) is 0 Å². The van der Waals surface area contributed by atoms with E-state index in [1.165, 1.54) is 4.90 Å². The highest BCUT2D eigenvalue weighted by atomic mass is 16.3. The average molecular weight is 200 g/mol. The molecule has 1 fully saturated rings. The van der Waals surface area contributed by atoms with Crippen LogP contribution < -0.4 is 5.73 Å². The minimum absolute atomic E-state index is 0.158. The van der Waals surface area contributed by atoms with Crippen molar-refractivity contribution in [2.45, 2.75) is 24.7 Å². The number of aliphatic hydroxyl groups is 2. The number of carbonyl (C=O) groups is 1.